The van der Waals surface area contributed by atoms with Gasteiger partial charge in [0, 0.05) is 30.7 Å². The van der Waals surface area contributed by atoms with Crippen molar-refractivity contribution in [2.75, 3.05) is 20.6 Å². The molecule has 0 aliphatic rings. The largest absolute Gasteiger partial charge is 0.465 e. The van der Waals surface area contributed by atoms with E-state index >= 15 is 0 Å². The topological polar surface area (TPSA) is 104 Å². The highest BCUT2D eigenvalue weighted by Gasteiger charge is 2.20. The summed E-state index contributed by atoms with van der Waals surface area (Å²) in [6.45, 7) is 2.16. The van der Waals surface area contributed by atoms with Gasteiger partial charge in [-0.25, -0.2) is 4.98 Å². The molecule has 1 amide bonds. The fourth-order valence-electron chi connectivity index (χ4n) is 2.66. The van der Waals surface area contributed by atoms with Crippen LogP contribution < -0.4 is 10.9 Å². The second kappa shape index (κ2) is 7.96. The summed E-state index contributed by atoms with van der Waals surface area (Å²) in [7, 11) is 3.79. The molecule has 1 unspecified atom stereocenters. The number of nitrogens with zero attached hydrogens (tertiary/aromatic N) is 3. The van der Waals surface area contributed by atoms with Gasteiger partial charge in [-0.05, 0) is 45.3 Å². The average molecular weight is 367 g/mol. The first-order valence-electron chi connectivity index (χ1n) is 8.46. The summed E-state index contributed by atoms with van der Waals surface area (Å²) in [4.78, 5) is 37.5. The van der Waals surface area contributed by atoms with Crippen LogP contribution >= 0.6 is 0 Å². The zero-order valence-corrected chi connectivity index (χ0v) is 15.4. The van der Waals surface area contributed by atoms with E-state index in [4.69, 9.17) is 4.42 Å². The summed E-state index contributed by atoms with van der Waals surface area (Å²) >= 11 is 0. The Labute approximate surface area is 156 Å². The molecule has 3 rings (SSSR count). The first kappa shape index (κ1) is 18.5. The number of furan rings is 1. The summed E-state index contributed by atoms with van der Waals surface area (Å²) in [6, 6.07) is 7.12. The van der Waals surface area contributed by atoms with E-state index < -0.39 is 11.5 Å². The van der Waals surface area contributed by atoms with Crippen molar-refractivity contribution in [2.24, 2.45) is 0 Å². The minimum atomic E-state index is -0.503. The van der Waals surface area contributed by atoms with E-state index in [9.17, 15) is 9.59 Å². The summed E-state index contributed by atoms with van der Waals surface area (Å²) < 4.78 is 5.65. The number of H-pyrrole nitrogens is 1. The molecule has 0 spiro atoms. The monoisotopic (exact) mass is 367 g/mol. The fraction of sp³-hybridized carbons (Fsp3) is 0.263. The van der Waals surface area contributed by atoms with E-state index in [-0.39, 0.29) is 11.6 Å². The Kier molecular flexibility index (Phi) is 5.46. The average Bonchev–Trinajstić information content (AvgIpc) is 3.08. The zero-order chi connectivity index (χ0) is 19.4. The van der Waals surface area contributed by atoms with Crippen LogP contribution in [0.15, 0.2) is 52.1 Å². The number of hydrogen-bond acceptors (Lipinski definition) is 6. The molecule has 2 N–H and O–H groups in total. The molecule has 3 aromatic heterocycles. The number of carbonyl (C=O) groups is 1. The molecule has 0 radical (unpaired) electrons. The SMILES string of the molecule is Cc1ccc(C(CNC(=O)c2cnc(-c3cccnc3)[nH]c2=O)N(C)C)o1. The van der Waals surface area contributed by atoms with Gasteiger partial charge >= 0.3 is 0 Å². The Balaban J connectivity index is 1.73. The van der Waals surface area contributed by atoms with Gasteiger partial charge in [-0.15, -0.1) is 0 Å². The number of nitrogens with one attached hydrogen (secondary N) is 2. The van der Waals surface area contributed by atoms with Crippen molar-refractivity contribution in [3.63, 3.8) is 0 Å². The van der Waals surface area contributed by atoms with Crippen LogP contribution in [0.4, 0.5) is 0 Å². The van der Waals surface area contributed by atoms with Crippen LogP contribution in [0.25, 0.3) is 11.4 Å². The van der Waals surface area contributed by atoms with Crippen LogP contribution in [0.2, 0.25) is 0 Å². The van der Waals surface area contributed by atoms with Gasteiger partial charge in [0.2, 0.25) is 0 Å². The number of aromatic amines is 1. The molecule has 0 aliphatic carbocycles. The minimum Gasteiger partial charge on any atom is -0.465 e. The van der Waals surface area contributed by atoms with Crippen molar-refractivity contribution >= 4 is 5.91 Å². The number of aromatic nitrogens is 3. The first-order valence-corrected chi connectivity index (χ1v) is 8.46. The molecule has 0 aromatic carbocycles. The van der Waals surface area contributed by atoms with E-state index in [2.05, 4.69) is 20.3 Å². The van der Waals surface area contributed by atoms with Gasteiger partial charge in [0.05, 0.1) is 6.04 Å². The number of rotatable bonds is 6. The second-order valence-corrected chi connectivity index (χ2v) is 6.35. The smallest absolute Gasteiger partial charge is 0.264 e. The molecule has 3 heterocycles. The van der Waals surface area contributed by atoms with Crippen LogP contribution in [0, 0.1) is 6.92 Å². The van der Waals surface area contributed by atoms with Crippen molar-refractivity contribution in [3.8, 4) is 11.4 Å². The summed E-state index contributed by atoms with van der Waals surface area (Å²) in [6.07, 6.45) is 4.49. The molecule has 0 bridgehead atoms. The number of aryl methyl sites for hydroxylation is 1. The van der Waals surface area contributed by atoms with Crippen molar-refractivity contribution < 1.29 is 9.21 Å². The number of amides is 1. The molecular weight excluding hydrogens is 346 g/mol. The number of pyridine rings is 1. The third-order valence-corrected chi connectivity index (χ3v) is 4.15. The highest BCUT2D eigenvalue weighted by Crippen LogP contribution is 2.20. The van der Waals surface area contributed by atoms with Crippen LogP contribution in [-0.4, -0.2) is 46.4 Å². The molecule has 0 aliphatic heterocycles. The van der Waals surface area contributed by atoms with Crippen molar-refractivity contribution in [2.45, 2.75) is 13.0 Å². The molecule has 0 fully saturated rings. The summed E-state index contributed by atoms with van der Waals surface area (Å²) in [5.74, 6) is 1.42. The lowest BCUT2D eigenvalue weighted by Gasteiger charge is -2.22. The molecule has 140 valence electrons. The third-order valence-electron chi connectivity index (χ3n) is 4.15. The Morgan fingerprint density at radius 2 is 2.11 bits per heavy atom. The highest BCUT2D eigenvalue weighted by atomic mass is 16.3. The van der Waals surface area contributed by atoms with Crippen molar-refractivity contribution in [1.82, 2.24) is 25.2 Å². The summed E-state index contributed by atoms with van der Waals surface area (Å²) in [5.41, 5.74) is 0.120. The molecule has 8 nitrogen and oxygen atoms in total. The van der Waals surface area contributed by atoms with E-state index in [0.29, 0.717) is 17.9 Å². The zero-order valence-electron chi connectivity index (χ0n) is 15.4. The van der Waals surface area contributed by atoms with Crippen molar-refractivity contribution in [3.05, 3.63) is 70.3 Å². The predicted molar refractivity (Wildman–Crippen MR) is 100 cm³/mol. The molecule has 1 atom stereocenters. The van der Waals surface area contributed by atoms with Crippen LogP contribution in [0.3, 0.4) is 0 Å². The predicted octanol–water partition coefficient (Wildman–Crippen LogP) is 1.77. The highest BCUT2D eigenvalue weighted by molar-refractivity contribution is 5.93. The first-order chi connectivity index (χ1) is 13.0. The lowest BCUT2D eigenvalue weighted by Crippen LogP contribution is -2.36. The minimum absolute atomic E-state index is 0.0456. The van der Waals surface area contributed by atoms with Gasteiger partial charge in [0.25, 0.3) is 11.5 Å². The molecular formula is C19H21N5O3. The summed E-state index contributed by atoms with van der Waals surface area (Å²) in [5, 5.41) is 2.78. The van der Waals surface area contributed by atoms with Crippen LogP contribution in [-0.2, 0) is 0 Å². The van der Waals surface area contributed by atoms with Crippen LogP contribution in [0.5, 0.6) is 0 Å². The van der Waals surface area contributed by atoms with E-state index in [1.165, 1.54) is 6.20 Å². The van der Waals surface area contributed by atoms with Gasteiger partial charge in [-0.1, -0.05) is 0 Å². The Morgan fingerprint density at radius 1 is 1.30 bits per heavy atom. The lowest BCUT2D eigenvalue weighted by molar-refractivity contribution is 0.0937. The maximum absolute atomic E-state index is 12.4. The van der Waals surface area contributed by atoms with Gasteiger partial charge in [0.1, 0.15) is 22.9 Å². The number of likely N-dealkylation sites (N-methyl/N-ethyl adjacent to an activating group) is 1. The Bertz CT molecular complexity index is 978. The van der Waals surface area contributed by atoms with Gasteiger partial charge in [0.15, 0.2) is 0 Å². The molecule has 0 saturated heterocycles. The molecule has 8 heteroatoms. The van der Waals surface area contributed by atoms with Gasteiger partial charge in [-0.3, -0.25) is 19.5 Å². The fourth-order valence-corrected chi connectivity index (χ4v) is 2.66. The maximum atomic E-state index is 12.4. The standard InChI is InChI=1S/C19H21N5O3/c1-12-6-7-16(27-12)15(24(2)3)11-22-18(25)14-10-21-17(23-19(14)26)13-5-4-8-20-9-13/h4-10,15H,11H2,1-3H3,(H,22,25)(H,21,23,26). The molecule has 3 aromatic rings. The third kappa shape index (κ3) is 4.29. The normalized spacial score (nSPS) is 12.1. The second-order valence-electron chi connectivity index (χ2n) is 6.35. The lowest BCUT2D eigenvalue weighted by atomic mass is 10.2. The molecule has 27 heavy (non-hydrogen) atoms. The number of hydrogen-bond donors (Lipinski definition) is 2. The van der Waals surface area contributed by atoms with Gasteiger partial charge < -0.3 is 14.7 Å². The molecule has 0 saturated carbocycles. The number of carbonyl (C=O) groups excluding carboxylic acids is 1. The Hall–Kier alpha value is -3.26. The van der Waals surface area contributed by atoms with E-state index in [1.54, 1.807) is 24.5 Å². The van der Waals surface area contributed by atoms with E-state index in [1.807, 2.05) is 38.1 Å². The van der Waals surface area contributed by atoms with Crippen LogP contribution in [0.1, 0.15) is 27.9 Å². The quantitative estimate of drug-likeness (QED) is 0.688. The maximum Gasteiger partial charge on any atom is 0.264 e. The van der Waals surface area contributed by atoms with Gasteiger partial charge in [-0.2, -0.15) is 0 Å². The van der Waals surface area contributed by atoms with E-state index in [0.717, 1.165) is 11.5 Å². The Morgan fingerprint density at radius 3 is 2.70 bits per heavy atom. The van der Waals surface area contributed by atoms with Crippen molar-refractivity contribution in [1.29, 1.82) is 0 Å².